The lowest BCUT2D eigenvalue weighted by Crippen LogP contribution is -2.41. The van der Waals surface area contributed by atoms with Gasteiger partial charge in [-0.15, -0.1) is 0 Å². The van der Waals surface area contributed by atoms with E-state index in [9.17, 15) is 4.79 Å². The van der Waals surface area contributed by atoms with Gasteiger partial charge in [-0.05, 0) is 73.1 Å². The number of hydrogen-bond acceptors (Lipinski definition) is 6. The smallest absolute Gasteiger partial charge is 0.449 e. The molecule has 7 nitrogen and oxygen atoms in total. The van der Waals surface area contributed by atoms with Crippen LogP contribution in [0.25, 0.3) is 28.1 Å². The van der Waals surface area contributed by atoms with Crippen LogP contribution in [0.1, 0.15) is 50.3 Å². The molecule has 1 aliphatic heterocycles. The van der Waals surface area contributed by atoms with Gasteiger partial charge in [0.2, 0.25) is 0 Å². The molecule has 0 saturated carbocycles. The molecule has 4 aromatic rings. The lowest BCUT2D eigenvalue weighted by atomic mass is 9.77. The lowest BCUT2D eigenvalue weighted by molar-refractivity contribution is 0.00578. The van der Waals surface area contributed by atoms with Crippen LogP contribution in [0.15, 0.2) is 78.5 Å². The molecule has 41 heavy (non-hydrogen) atoms. The van der Waals surface area contributed by atoms with Gasteiger partial charge in [0.15, 0.2) is 0 Å². The second-order valence-corrected chi connectivity index (χ2v) is 11.8. The number of aromatic nitrogens is 2. The number of hydrogen-bond donors (Lipinski definition) is 1. The highest BCUT2D eigenvalue weighted by Gasteiger charge is 2.52. The molecule has 1 fully saturated rings. The molecule has 0 bridgehead atoms. The number of carbonyl (C=O) groups excluding carboxylic acids is 1. The van der Waals surface area contributed by atoms with Gasteiger partial charge in [0.1, 0.15) is 18.1 Å². The fourth-order valence-electron chi connectivity index (χ4n) is 5.37. The van der Waals surface area contributed by atoms with Gasteiger partial charge in [0.25, 0.3) is 0 Å². The van der Waals surface area contributed by atoms with Crippen molar-refractivity contribution < 1.29 is 18.8 Å². The van der Waals surface area contributed by atoms with Crippen molar-refractivity contribution in [2.75, 3.05) is 13.2 Å². The summed E-state index contributed by atoms with van der Waals surface area (Å²) in [5.41, 5.74) is 5.96. The minimum absolute atomic E-state index is 0.0178. The van der Waals surface area contributed by atoms with E-state index in [1.807, 2.05) is 76.2 Å². The van der Waals surface area contributed by atoms with Crippen molar-refractivity contribution in [3.05, 3.63) is 100 Å². The first-order valence-corrected chi connectivity index (χ1v) is 14.1. The van der Waals surface area contributed by atoms with E-state index in [4.69, 9.17) is 25.6 Å². The van der Waals surface area contributed by atoms with Crippen LogP contribution in [0.4, 0.5) is 4.79 Å². The first-order chi connectivity index (χ1) is 19.6. The summed E-state index contributed by atoms with van der Waals surface area (Å²) in [6.45, 7) is 8.39. The highest BCUT2D eigenvalue weighted by atomic mass is 35.5. The molecule has 2 aliphatic rings. The molecule has 0 radical (unpaired) electrons. The van der Waals surface area contributed by atoms with Crippen LogP contribution < -0.4 is 5.32 Å². The largest absolute Gasteiger partial charge is 0.492 e. The minimum atomic E-state index is -0.660. The summed E-state index contributed by atoms with van der Waals surface area (Å²) in [7, 11) is -0.660. The molecule has 1 saturated heterocycles. The Kier molecular flexibility index (Phi) is 7.10. The summed E-state index contributed by atoms with van der Waals surface area (Å²) < 4.78 is 18.4. The Morgan fingerprint density at radius 3 is 2.27 bits per heavy atom. The van der Waals surface area contributed by atoms with Gasteiger partial charge < -0.3 is 19.4 Å². The van der Waals surface area contributed by atoms with Crippen molar-refractivity contribution in [3.8, 4) is 11.1 Å². The van der Waals surface area contributed by atoms with Crippen LogP contribution >= 0.6 is 11.6 Å². The number of alkyl carbamates (subject to hydrolysis) is 1. The third-order valence-corrected chi connectivity index (χ3v) is 8.60. The molecule has 0 unspecified atom stereocenters. The Morgan fingerprint density at radius 1 is 0.976 bits per heavy atom. The van der Waals surface area contributed by atoms with E-state index in [0.29, 0.717) is 5.15 Å². The lowest BCUT2D eigenvalue weighted by Gasteiger charge is -2.32. The normalized spacial score (nSPS) is 17.4. The second kappa shape index (κ2) is 10.6. The standard InChI is InChI=1S/C32H31BClN3O4/c1-31(2)32(3,4)41-33(40-31)21(15-20-13-14-28-26(16-20)29(34)37-19-36-28)17-35-30(38)39-18-27-24-11-7-5-9-22(24)23-10-6-8-12-25(23)27/h5-16,19,27H,17-18H2,1-4H3,(H,35,38). The number of amides is 1. The zero-order valence-electron chi connectivity index (χ0n) is 23.5. The van der Waals surface area contributed by atoms with Crippen LogP contribution in [0.5, 0.6) is 0 Å². The maximum absolute atomic E-state index is 13.0. The van der Waals surface area contributed by atoms with Crippen LogP contribution in [-0.2, 0) is 14.0 Å². The van der Waals surface area contributed by atoms with Gasteiger partial charge in [0, 0.05) is 17.8 Å². The summed E-state index contributed by atoms with van der Waals surface area (Å²) in [6, 6.07) is 22.3. The van der Waals surface area contributed by atoms with Gasteiger partial charge in [-0.25, -0.2) is 14.8 Å². The van der Waals surface area contributed by atoms with E-state index >= 15 is 0 Å². The van der Waals surface area contributed by atoms with Crippen molar-refractivity contribution in [3.63, 3.8) is 0 Å². The van der Waals surface area contributed by atoms with Crippen LogP contribution in [0.2, 0.25) is 5.15 Å². The first kappa shape index (κ1) is 27.5. The first-order valence-electron chi connectivity index (χ1n) is 13.7. The highest BCUT2D eigenvalue weighted by Crippen LogP contribution is 2.44. The SMILES string of the molecule is CC1(C)OB(C(=Cc2ccc3ncnc(Cl)c3c2)CNC(=O)OCC2c3ccccc3-c3ccccc32)OC1(C)C. The predicted octanol–water partition coefficient (Wildman–Crippen LogP) is 6.84. The predicted molar refractivity (Wildman–Crippen MR) is 162 cm³/mol. The zero-order valence-corrected chi connectivity index (χ0v) is 24.2. The molecule has 6 rings (SSSR count). The average Bonchev–Trinajstić information content (AvgIpc) is 3.39. The summed E-state index contributed by atoms with van der Waals surface area (Å²) in [5, 5.41) is 4.03. The molecule has 1 aliphatic carbocycles. The van der Waals surface area contributed by atoms with Gasteiger partial charge in [0.05, 0.1) is 16.7 Å². The van der Waals surface area contributed by atoms with E-state index in [-0.39, 0.29) is 19.1 Å². The van der Waals surface area contributed by atoms with E-state index in [2.05, 4.69) is 39.6 Å². The van der Waals surface area contributed by atoms with Gasteiger partial charge in [-0.2, -0.15) is 0 Å². The maximum Gasteiger partial charge on any atom is 0.492 e. The van der Waals surface area contributed by atoms with Crippen molar-refractivity contribution in [1.29, 1.82) is 0 Å². The molecule has 0 atom stereocenters. The highest BCUT2D eigenvalue weighted by molar-refractivity contribution is 6.56. The van der Waals surface area contributed by atoms with E-state index in [1.54, 1.807) is 0 Å². The molecule has 3 aromatic carbocycles. The number of nitrogens with zero attached hydrogens (tertiary/aromatic N) is 2. The molecule has 1 aromatic heterocycles. The summed E-state index contributed by atoms with van der Waals surface area (Å²) >= 11 is 6.33. The molecule has 208 valence electrons. The van der Waals surface area contributed by atoms with Crippen LogP contribution in [0.3, 0.4) is 0 Å². The quantitative estimate of drug-likeness (QED) is 0.203. The van der Waals surface area contributed by atoms with E-state index in [1.165, 1.54) is 28.6 Å². The number of fused-ring (bicyclic) bond motifs is 4. The Balaban J connectivity index is 1.21. The zero-order chi connectivity index (χ0) is 28.8. The maximum atomic E-state index is 13.0. The monoisotopic (exact) mass is 567 g/mol. The molecular weight excluding hydrogens is 537 g/mol. The Bertz CT molecular complexity index is 1610. The summed E-state index contributed by atoms with van der Waals surface area (Å²) in [6.07, 6.45) is 2.87. The minimum Gasteiger partial charge on any atom is -0.449 e. The van der Waals surface area contributed by atoms with Gasteiger partial charge in [-0.3, -0.25) is 0 Å². The van der Waals surface area contributed by atoms with Crippen molar-refractivity contribution >= 4 is 41.8 Å². The third-order valence-electron chi connectivity index (χ3n) is 8.30. The number of ether oxygens (including phenoxy) is 1. The van der Waals surface area contributed by atoms with Crippen molar-refractivity contribution in [2.45, 2.75) is 44.8 Å². The molecular formula is C32H31BClN3O4. The number of carbonyl (C=O) groups is 1. The van der Waals surface area contributed by atoms with Gasteiger partial charge in [-0.1, -0.05) is 72.3 Å². The van der Waals surface area contributed by atoms with Crippen LogP contribution in [-0.4, -0.2) is 47.5 Å². The average molecular weight is 568 g/mol. The van der Waals surface area contributed by atoms with E-state index in [0.717, 1.165) is 21.9 Å². The summed E-state index contributed by atoms with van der Waals surface area (Å²) in [5.74, 6) is -0.0178. The molecule has 1 N–H and O–H groups in total. The van der Waals surface area contributed by atoms with Crippen LogP contribution in [0, 0.1) is 0 Å². The third kappa shape index (κ3) is 5.23. The Labute approximate surface area is 245 Å². The fourth-order valence-corrected chi connectivity index (χ4v) is 5.56. The summed E-state index contributed by atoms with van der Waals surface area (Å²) in [4.78, 5) is 21.4. The second-order valence-electron chi connectivity index (χ2n) is 11.4. The fraction of sp³-hybridized carbons (Fsp3) is 0.281. The topological polar surface area (TPSA) is 82.6 Å². The number of nitrogens with one attached hydrogen (secondary N) is 1. The molecule has 9 heteroatoms. The molecule has 1 amide bonds. The van der Waals surface area contributed by atoms with Gasteiger partial charge >= 0.3 is 13.2 Å². The number of halogens is 1. The Morgan fingerprint density at radius 2 is 1.61 bits per heavy atom. The Hall–Kier alpha value is -3.72. The number of rotatable bonds is 6. The van der Waals surface area contributed by atoms with E-state index < -0.39 is 24.4 Å². The van der Waals surface area contributed by atoms with Crippen molar-refractivity contribution in [1.82, 2.24) is 15.3 Å². The number of benzene rings is 3. The molecule has 2 heterocycles. The van der Waals surface area contributed by atoms with Crippen molar-refractivity contribution in [2.24, 2.45) is 0 Å². The molecule has 0 spiro atoms.